The van der Waals surface area contributed by atoms with Crippen LogP contribution in [0, 0.1) is 0 Å². The Morgan fingerprint density at radius 3 is 2.18 bits per heavy atom. The van der Waals surface area contributed by atoms with Crippen molar-refractivity contribution in [2.24, 2.45) is 5.73 Å². The molecule has 34 heavy (non-hydrogen) atoms. The van der Waals surface area contributed by atoms with Crippen LogP contribution < -0.4 is 16.0 Å². The number of likely N-dealkylation sites (N-methyl/N-ethyl adjacent to an activating group) is 1. The van der Waals surface area contributed by atoms with Crippen LogP contribution in [0.25, 0.3) is 0 Å². The lowest BCUT2D eigenvalue weighted by Crippen LogP contribution is -2.51. The summed E-state index contributed by atoms with van der Waals surface area (Å²) < 4.78 is 0. The Kier molecular flexibility index (Phi) is 9.81. The topological polar surface area (TPSA) is 92.5 Å². The molecular weight excluding hydrogens is 473 g/mol. The second kappa shape index (κ2) is 12.3. The summed E-state index contributed by atoms with van der Waals surface area (Å²) in [5, 5.41) is 3.06. The summed E-state index contributed by atoms with van der Waals surface area (Å²) >= 11 is 6.14. The lowest BCUT2D eigenvalue weighted by molar-refractivity contribution is -0.127. The van der Waals surface area contributed by atoms with Gasteiger partial charge in [-0.3, -0.25) is 14.4 Å². The highest BCUT2D eigenvalue weighted by Crippen LogP contribution is 2.26. The highest BCUT2D eigenvalue weighted by molar-refractivity contribution is 6.31. The fourth-order valence-corrected chi connectivity index (χ4v) is 3.65. The molecule has 3 N–H and O–H groups in total. The fraction of sp³-hybridized carbons (Fsp3) is 0.192. The number of nitrogens with two attached hydrogens (primary N) is 1. The van der Waals surface area contributed by atoms with Crippen LogP contribution >= 0.6 is 24.0 Å². The van der Waals surface area contributed by atoms with E-state index in [9.17, 15) is 14.4 Å². The molecule has 2 atom stereocenters. The molecule has 0 unspecified atom stereocenters. The van der Waals surface area contributed by atoms with Gasteiger partial charge in [0.1, 0.15) is 6.04 Å². The number of hydrogen-bond donors (Lipinski definition) is 2. The maximum atomic E-state index is 13.1. The summed E-state index contributed by atoms with van der Waals surface area (Å²) in [4.78, 5) is 40.1. The Morgan fingerprint density at radius 1 is 0.971 bits per heavy atom. The summed E-state index contributed by atoms with van der Waals surface area (Å²) in [6, 6.07) is 21.3. The Balaban J connectivity index is 0.00000408. The number of carbonyl (C=O) groups is 3. The molecule has 0 fully saturated rings. The smallest absolute Gasteiger partial charge is 0.249 e. The second-order valence-corrected chi connectivity index (χ2v) is 8.22. The zero-order valence-electron chi connectivity index (χ0n) is 18.9. The lowest BCUT2D eigenvalue weighted by Gasteiger charge is -2.25. The minimum Gasteiger partial charge on any atom is -0.343 e. The summed E-state index contributed by atoms with van der Waals surface area (Å²) in [6.45, 7) is 1.58. The fourth-order valence-electron chi connectivity index (χ4n) is 3.48. The SMILES string of the molecule is C[C@H](NC(=O)[C@@H](N)Cc1ccccc1)C(=O)N(C)c1ccc(Cl)cc1C(=O)c1ccccc1.Cl. The number of halogens is 2. The minimum absolute atomic E-state index is 0. The third kappa shape index (κ3) is 6.67. The third-order valence-electron chi connectivity index (χ3n) is 5.30. The van der Waals surface area contributed by atoms with Gasteiger partial charge in [-0.1, -0.05) is 72.3 Å². The highest BCUT2D eigenvalue weighted by Gasteiger charge is 2.26. The molecule has 2 amide bonds. The van der Waals surface area contributed by atoms with Crippen molar-refractivity contribution in [3.63, 3.8) is 0 Å². The van der Waals surface area contributed by atoms with Gasteiger partial charge in [0.25, 0.3) is 0 Å². The zero-order chi connectivity index (χ0) is 24.0. The van der Waals surface area contributed by atoms with Crippen LogP contribution in [-0.2, 0) is 16.0 Å². The molecule has 3 aromatic rings. The Hall–Kier alpha value is -3.19. The Bertz CT molecular complexity index is 1140. The highest BCUT2D eigenvalue weighted by atomic mass is 35.5. The van der Waals surface area contributed by atoms with Crippen molar-refractivity contribution in [1.82, 2.24) is 5.32 Å². The first-order valence-corrected chi connectivity index (χ1v) is 10.9. The van der Waals surface area contributed by atoms with Crippen molar-refractivity contribution < 1.29 is 14.4 Å². The van der Waals surface area contributed by atoms with Gasteiger partial charge in [-0.25, -0.2) is 0 Å². The molecule has 0 heterocycles. The molecule has 6 nitrogen and oxygen atoms in total. The van der Waals surface area contributed by atoms with Gasteiger partial charge < -0.3 is 16.0 Å². The molecule has 0 aromatic heterocycles. The van der Waals surface area contributed by atoms with E-state index in [4.69, 9.17) is 17.3 Å². The number of rotatable bonds is 8. The molecule has 0 saturated carbocycles. The van der Waals surface area contributed by atoms with Gasteiger partial charge in [-0.2, -0.15) is 0 Å². The number of amides is 2. The molecule has 3 aromatic carbocycles. The molecule has 0 aliphatic rings. The van der Waals surface area contributed by atoms with Crippen LogP contribution in [0.1, 0.15) is 28.4 Å². The normalized spacial score (nSPS) is 12.1. The lowest BCUT2D eigenvalue weighted by atomic mass is 10.0. The van der Waals surface area contributed by atoms with E-state index >= 15 is 0 Å². The average Bonchev–Trinajstić information content (AvgIpc) is 2.83. The van der Waals surface area contributed by atoms with Crippen LogP contribution in [0.3, 0.4) is 0 Å². The van der Waals surface area contributed by atoms with Gasteiger partial charge in [-0.05, 0) is 37.1 Å². The van der Waals surface area contributed by atoms with E-state index in [-0.39, 0.29) is 24.1 Å². The zero-order valence-corrected chi connectivity index (χ0v) is 20.5. The van der Waals surface area contributed by atoms with Crippen molar-refractivity contribution >= 4 is 47.3 Å². The van der Waals surface area contributed by atoms with Gasteiger partial charge in [0.2, 0.25) is 11.8 Å². The summed E-state index contributed by atoms with van der Waals surface area (Å²) in [5.74, 6) is -1.07. The first kappa shape index (κ1) is 27.1. The van der Waals surface area contributed by atoms with Crippen LogP contribution in [0.15, 0.2) is 78.9 Å². The molecule has 8 heteroatoms. The van der Waals surface area contributed by atoms with E-state index in [1.165, 1.54) is 11.0 Å². The first-order chi connectivity index (χ1) is 15.8. The molecule has 178 valence electrons. The second-order valence-electron chi connectivity index (χ2n) is 7.78. The number of anilines is 1. The summed E-state index contributed by atoms with van der Waals surface area (Å²) in [5.41, 5.74) is 8.14. The van der Waals surface area contributed by atoms with Crippen molar-refractivity contribution in [3.8, 4) is 0 Å². The van der Waals surface area contributed by atoms with E-state index in [1.54, 1.807) is 50.4 Å². The average molecular weight is 500 g/mol. The largest absolute Gasteiger partial charge is 0.343 e. The Morgan fingerprint density at radius 2 is 1.56 bits per heavy atom. The van der Waals surface area contributed by atoms with E-state index in [0.717, 1.165) is 5.56 Å². The van der Waals surface area contributed by atoms with E-state index in [1.807, 2.05) is 36.4 Å². The minimum atomic E-state index is -0.848. The van der Waals surface area contributed by atoms with Crippen molar-refractivity contribution in [1.29, 1.82) is 0 Å². The number of carbonyl (C=O) groups excluding carboxylic acids is 3. The number of ketones is 1. The Labute approximate surface area is 210 Å². The first-order valence-electron chi connectivity index (χ1n) is 10.5. The molecule has 0 spiro atoms. The number of hydrogen-bond acceptors (Lipinski definition) is 4. The predicted molar refractivity (Wildman–Crippen MR) is 138 cm³/mol. The van der Waals surface area contributed by atoms with Crippen molar-refractivity contribution in [3.05, 3.63) is 101 Å². The number of benzene rings is 3. The molecule has 0 radical (unpaired) electrons. The van der Waals surface area contributed by atoms with E-state index in [0.29, 0.717) is 28.3 Å². The van der Waals surface area contributed by atoms with Gasteiger partial charge in [0, 0.05) is 23.2 Å². The van der Waals surface area contributed by atoms with Crippen LogP contribution in [0.2, 0.25) is 5.02 Å². The standard InChI is InChI=1S/C26H26ClN3O3.ClH/c1-17(29-25(32)22(28)15-18-9-5-3-6-10-18)26(33)30(2)23-14-13-20(27)16-21(23)24(31)19-11-7-4-8-12-19;/h3-14,16-17,22H,15,28H2,1-2H3,(H,29,32);1H/t17-,22-;/m0./s1. The quantitative estimate of drug-likeness (QED) is 0.457. The van der Waals surface area contributed by atoms with Crippen LogP contribution in [-0.4, -0.2) is 36.7 Å². The van der Waals surface area contributed by atoms with Crippen LogP contribution in [0.5, 0.6) is 0 Å². The third-order valence-corrected chi connectivity index (χ3v) is 5.53. The molecule has 0 aliphatic carbocycles. The van der Waals surface area contributed by atoms with Crippen LogP contribution in [0.4, 0.5) is 5.69 Å². The maximum Gasteiger partial charge on any atom is 0.249 e. The number of nitrogens with zero attached hydrogens (tertiary/aromatic N) is 1. The molecule has 3 rings (SSSR count). The van der Waals surface area contributed by atoms with Gasteiger partial charge >= 0.3 is 0 Å². The molecule has 0 aliphatic heterocycles. The van der Waals surface area contributed by atoms with Gasteiger partial charge in [-0.15, -0.1) is 12.4 Å². The summed E-state index contributed by atoms with van der Waals surface area (Å²) in [6.07, 6.45) is 0.357. The van der Waals surface area contributed by atoms with Crippen molar-refractivity contribution in [2.75, 3.05) is 11.9 Å². The predicted octanol–water partition coefficient (Wildman–Crippen LogP) is 4.03. The van der Waals surface area contributed by atoms with Gasteiger partial charge in [0.15, 0.2) is 5.78 Å². The van der Waals surface area contributed by atoms with Gasteiger partial charge in [0.05, 0.1) is 11.7 Å². The monoisotopic (exact) mass is 499 g/mol. The molecular formula is C26H27Cl2N3O3. The molecule has 0 saturated heterocycles. The number of nitrogens with one attached hydrogen (secondary N) is 1. The van der Waals surface area contributed by atoms with E-state index in [2.05, 4.69) is 5.32 Å². The van der Waals surface area contributed by atoms with E-state index < -0.39 is 18.0 Å². The maximum absolute atomic E-state index is 13.1. The summed E-state index contributed by atoms with van der Waals surface area (Å²) in [7, 11) is 1.56. The molecule has 0 bridgehead atoms. The van der Waals surface area contributed by atoms with Crippen molar-refractivity contribution in [2.45, 2.75) is 25.4 Å².